The molecule has 0 aromatic heterocycles. The van der Waals surface area contributed by atoms with Gasteiger partial charge in [-0.15, -0.1) is 0 Å². The number of rotatable bonds is 3. The molecule has 134 heavy (non-hydrogen) atoms. The van der Waals surface area contributed by atoms with Crippen LogP contribution in [0, 0.1) is 142 Å². The molecule has 753 valence electrons. The molecule has 1 radical (unpaired) electrons. The van der Waals surface area contributed by atoms with E-state index in [0.29, 0.717) is 144 Å². The molecule has 27 aliphatic rings. The summed E-state index contributed by atoms with van der Waals surface area (Å²) < 4.78 is 114. The molecule has 27 rings (SSSR count). The maximum Gasteiger partial charge on any atom is 2.00 e. The van der Waals surface area contributed by atoms with E-state index < -0.39 is 46.1 Å². The van der Waals surface area contributed by atoms with Crippen LogP contribution in [0.4, 0.5) is 0 Å². The fourth-order valence-corrected chi connectivity index (χ4v) is 40.6. The average Bonchev–Trinajstić information content (AvgIpc) is 1.59. The zero-order valence-corrected chi connectivity index (χ0v) is 84.9. The second-order valence-corrected chi connectivity index (χ2v) is 53.4. The van der Waals surface area contributed by atoms with E-state index in [0.717, 1.165) is 38.5 Å². The normalized spacial score (nSPS) is 54.7. The molecule has 0 aromatic carbocycles. The van der Waals surface area contributed by atoms with E-state index in [1.54, 1.807) is 0 Å². The van der Waals surface area contributed by atoms with Gasteiger partial charge in [-0.1, -0.05) is 135 Å². The summed E-state index contributed by atoms with van der Waals surface area (Å²) in [5, 5.41) is 94.6. The first-order valence-corrected chi connectivity index (χ1v) is 59.8. The van der Waals surface area contributed by atoms with Gasteiger partial charge in [0, 0.05) is 17.8 Å². The summed E-state index contributed by atoms with van der Waals surface area (Å²) in [6.45, 7) is 0. The van der Waals surface area contributed by atoms with Gasteiger partial charge in [-0.3, -0.25) is 128 Å². The Morgan fingerprint density at radius 2 is 0.224 bits per heavy atom. The van der Waals surface area contributed by atoms with E-state index in [9.17, 15) is 38.9 Å². The zero-order valence-electron chi connectivity index (χ0n) is 79.5. The molecule has 0 aromatic rings. The van der Waals surface area contributed by atoms with Crippen LogP contribution in [-0.4, -0.2) is 203 Å². The van der Waals surface area contributed by atoms with Gasteiger partial charge >= 0.3 is 46.6 Å². The predicted molar refractivity (Wildman–Crippen MR) is 498 cm³/mol. The van der Waals surface area contributed by atoms with Crippen LogP contribution >= 0.6 is 0 Å². The van der Waals surface area contributed by atoms with E-state index in [4.69, 9.17) is 0 Å². The van der Waals surface area contributed by atoms with Crippen LogP contribution in [-0.2, 0) is 47.4 Å². The molecule has 15 saturated heterocycles. The SMILES string of the molecule is O=S(=O)([O-])C1CCCC2C3NC4NC(NC5NC(NC6NC(NC(N3)C21)C1CCCCC61)C1CCCCC51)C1CCCCC41.O=S(=O)([O-])C1CCCC2C3NC4NC(NC5NC(NC6NC(NC(N3)C21)C1CCCCC61)C1CCCCC51)C1CCCCC41.O=S(=O)([O-])C1CCCC2C3NC4NC(NC5NC(NC6NC(NC(N3)C21)C1CCCCC61)C1CCCCC51)C1CCCCC41.[Cu+2].[Na+]. The average molecular weight is 1980 g/mol. The number of hydrogen-bond acceptors (Lipinski definition) is 33. The Bertz CT molecular complexity index is 3970. The van der Waals surface area contributed by atoms with E-state index in [2.05, 4.69) is 128 Å². The molecule has 33 nitrogen and oxygen atoms in total. The first-order chi connectivity index (χ1) is 64.3. The van der Waals surface area contributed by atoms with Gasteiger partial charge in [0.2, 0.25) is 0 Å². The number of nitrogens with one attached hydrogen (secondary N) is 24. The van der Waals surface area contributed by atoms with Gasteiger partial charge < -0.3 is 13.7 Å². The zero-order chi connectivity index (χ0) is 88.7. The summed E-state index contributed by atoms with van der Waals surface area (Å²) in [6.07, 6.45) is 55.5. The van der Waals surface area contributed by atoms with Crippen molar-refractivity contribution in [2.24, 2.45) is 142 Å². The maximum atomic E-state index is 12.7. The Morgan fingerprint density at radius 1 is 0.134 bits per heavy atom. The van der Waals surface area contributed by atoms with Crippen molar-refractivity contribution in [2.45, 2.75) is 453 Å². The molecule has 27 fully saturated rings. The second-order valence-electron chi connectivity index (χ2n) is 48.6. The molecule has 24 bridgehead atoms. The summed E-state index contributed by atoms with van der Waals surface area (Å²) in [5.74, 6) is 10.0. The van der Waals surface area contributed by atoms with E-state index in [1.165, 1.54) is 231 Å². The summed E-state index contributed by atoms with van der Waals surface area (Å²) in [4.78, 5) is 0. The molecular formula is C96H165CuN24NaO9S3. The predicted octanol–water partition coefficient (Wildman–Crippen LogP) is 0.389. The molecule has 12 saturated carbocycles. The van der Waals surface area contributed by atoms with Gasteiger partial charge in [-0.2, -0.15) is 0 Å². The summed E-state index contributed by atoms with van der Waals surface area (Å²) in [5.41, 5.74) is 0. The third-order valence-corrected chi connectivity index (χ3v) is 46.5. The first-order valence-electron chi connectivity index (χ1n) is 55.4. The van der Waals surface area contributed by atoms with E-state index >= 15 is 0 Å². The quantitative estimate of drug-likeness (QED) is 0.134. The monoisotopic (exact) mass is 1980 g/mol. The van der Waals surface area contributed by atoms with Gasteiger partial charge in [0.05, 0.1) is 194 Å². The van der Waals surface area contributed by atoms with Crippen molar-refractivity contribution in [1.29, 1.82) is 0 Å². The molecule has 12 aliphatic carbocycles. The first kappa shape index (κ1) is 97.7. The topological polar surface area (TPSA) is 460 Å². The van der Waals surface area contributed by atoms with E-state index in [1.807, 2.05) is 0 Å². The Morgan fingerprint density at radius 3 is 0.328 bits per heavy atom. The molecular weight excluding hydrogens is 1820 g/mol. The van der Waals surface area contributed by atoms with E-state index in [-0.39, 0.29) is 212 Å². The van der Waals surface area contributed by atoms with Crippen molar-refractivity contribution in [3.05, 3.63) is 0 Å². The van der Waals surface area contributed by atoms with Crippen molar-refractivity contribution >= 4 is 30.4 Å². The van der Waals surface area contributed by atoms with Gasteiger partial charge in [-0.25, -0.2) is 25.3 Å². The molecule has 15 aliphatic heterocycles. The van der Waals surface area contributed by atoms with Crippen LogP contribution in [0.25, 0.3) is 0 Å². The van der Waals surface area contributed by atoms with Crippen molar-refractivity contribution < 1.29 is 85.5 Å². The van der Waals surface area contributed by atoms with Crippen molar-refractivity contribution in [3.8, 4) is 0 Å². The Balaban J connectivity index is 0.000000113. The third-order valence-electron chi connectivity index (χ3n) is 42.6. The molecule has 24 N–H and O–H groups in total. The third kappa shape index (κ3) is 18.5. The molecule has 51 atom stereocenters. The maximum absolute atomic E-state index is 12.7. The van der Waals surface area contributed by atoms with Crippen molar-refractivity contribution in [2.75, 3.05) is 0 Å². The minimum atomic E-state index is -4.41. The minimum absolute atomic E-state index is 0. The number of hydrogen-bond donors (Lipinski definition) is 24. The smallest absolute Gasteiger partial charge is 0.748 e. The van der Waals surface area contributed by atoms with Crippen LogP contribution in [0.5, 0.6) is 0 Å². The minimum Gasteiger partial charge on any atom is -0.748 e. The van der Waals surface area contributed by atoms with Gasteiger partial charge in [0.1, 0.15) is 0 Å². The summed E-state index contributed by atoms with van der Waals surface area (Å²) in [7, 11) is -13.2. The van der Waals surface area contributed by atoms with Crippen LogP contribution in [0.2, 0.25) is 0 Å². The molecule has 0 spiro atoms. The second kappa shape index (κ2) is 40.4. The molecule has 38 heteroatoms. The van der Waals surface area contributed by atoms with Crippen LogP contribution in [0.1, 0.15) is 289 Å². The van der Waals surface area contributed by atoms with Crippen LogP contribution in [0.3, 0.4) is 0 Å². The van der Waals surface area contributed by atoms with Gasteiger partial charge in [-0.05, 0) is 278 Å². The summed E-state index contributed by atoms with van der Waals surface area (Å²) in [6, 6.07) is 0. The molecule has 15 heterocycles. The Labute approximate surface area is 831 Å². The molecule has 0 amide bonds. The Hall–Kier alpha value is 0.289. The molecule has 51 unspecified atom stereocenters. The van der Waals surface area contributed by atoms with Crippen LogP contribution < -0.4 is 157 Å². The number of fused-ring (bicyclic) bond motifs is 60. The fourth-order valence-electron chi connectivity index (χ4n) is 37.0. The van der Waals surface area contributed by atoms with Crippen molar-refractivity contribution in [3.63, 3.8) is 0 Å². The standard InChI is InChI=1S/3C32H56N8O3S.Cu.Na/c3*41-44(42,43)23-15-7-14-22-24(23)32-39-30-21-13-6-5-12-20(21)28(37-30)35-26-17-9-2-1-8-16(17)25(33-26)34-27-18-10-3-4-11-19(18)29(36-27)38-31(22)40-32;;/h3*16-40H,1-15H2,(H,41,42,43);;/q;;;+2;+1/p-3. The largest absolute Gasteiger partial charge is 2.00 e. The Kier molecular flexibility index (Phi) is 29.4. The van der Waals surface area contributed by atoms with Crippen molar-refractivity contribution in [1.82, 2.24) is 128 Å². The van der Waals surface area contributed by atoms with Crippen LogP contribution in [0.15, 0.2) is 0 Å². The fraction of sp³-hybridized carbons (Fsp3) is 1.00. The van der Waals surface area contributed by atoms with Gasteiger partial charge in [0.15, 0.2) is 0 Å². The van der Waals surface area contributed by atoms with Gasteiger partial charge in [0.25, 0.3) is 0 Å². The summed E-state index contributed by atoms with van der Waals surface area (Å²) >= 11 is 0.